The minimum Gasteiger partial charge on any atom is -0.494 e. The molecule has 25 heavy (non-hydrogen) atoms. The summed E-state index contributed by atoms with van der Waals surface area (Å²) in [5, 5.41) is 12.3. The summed E-state index contributed by atoms with van der Waals surface area (Å²) in [6.07, 6.45) is 6.21. The number of unbranched alkanes of at least 4 members (excludes halogenated alkanes) is 1. The number of rotatable bonds is 9. The minimum absolute atomic E-state index is 0.0678. The highest BCUT2D eigenvalue weighted by Crippen LogP contribution is 2.36. The van der Waals surface area contributed by atoms with Crippen LogP contribution in [-0.2, 0) is 9.59 Å². The second kappa shape index (κ2) is 9.44. The van der Waals surface area contributed by atoms with E-state index < -0.39 is 11.4 Å². The van der Waals surface area contributed by atoms with Gasteiger partial charge in [-0.15, -0.1) is 0 Å². The molecule has 1 aromatic carbocycles. The Bertz CT molecular complexity index is 579. The van der Waals surface area contributed by atoms with Crippen LogP contribution < -0.4 is 10.1 Å². The molecule has 0 aromatic heterocycles. The number of carboxylic acid groups (broad SMARTS) is 1. The minimum atomic E-state index is -0.779. The van der Waals surface area contributed by atoms with Gasteiger partial charge in [0.25, 0.3) is 0 Å². The van der Waals surface area contributed by atoms with Crippen molar-refractivity contribution in [2.24, 2.45) is 5.41 Å². The van der Waals surface area contributed by atoms with E-state index in [4.69, 9.17) is 4.74 Å². The summed E-state index contributed by atoms with van der Waals surface area (Å²) in [5.41, 5.74) is 0.397. The van der Waals surface area contributed by atoms with Gasteiger partial charge >= 0.3 is 5.97 Å². The number of carbonyl (C=O) groups is 2. The molecule has 1 saturated carbocycles. The van der Waals surface area contributed by atoms with Gasteiger partial charge in [0.2, 0.25) is 5.91 Å². The molecule has 1 amide bonds. The fourth-order valence-corrected chi connectivity index (χ4v) is 3.33. The number of hydrogen-bond acceptors (Lipinski definition) is 3. The maximum Gasteiger partial charge on any atom is 0.311 e. The van der Waals surface area contributed by atoms with E-state index in [0.29, 0.717) is 25.9 Å². The number of aryl methyl sites for hydroxylation is 1. The molecule has 2 rings (SSSR count). The number of ether oxygens (including phenoxy) is 1. The summed E-state index contributed by atoms with van der Waals surface area (Å²) in [6.45, 7) is 2.85. The van der Waals surface area contributed by atoms with Gasteiger partial charge in [0.05, 0.1) is 12.0 Å². The Morgan fingerprint density at radius 3 is 2.64 bits per heavy atom. The molecule has 1 aliphatic carbocycles. The van der Waals surface area contributed by atoms with Crippen molar-refractivity contribution in [3.63, 3.8) is 0 Å². The summed E-state index contributed by atoms with van der Waals surface area (Å²) in [6, 6.07) is 7.90. The third-order valence-electron chi connectivity index (χ3n) is 4.94. The predicted octanol–water partition coefficient (Wildman–Crippen LogP) is 3.70. The van der Waals surface area contributed by atoms with E-state index in [1.807, 2.05) is 31.2 Å². The number of benzene rings is 1. The van der Waals surface area contributed by atoms with Crippen LogP contribution in [0.3, 0.4) is 0 Å². The quantitative estimate of drug-likeness (QED) is 0.668. The third kappa shape index (κ3) is 6.07. The van der Waals surface area contributed by atoms with Crippen molar-refractivity contribution in [2.75, 3.05) is 13.2 Å². The summed E-state index contributed by atoms with van der Waals surface area (Å²) >= 11 is 0. The highest BCUT2D eigenvalue weighted by atomic mass is 16.5. The van der Waals surface area contributed by atoms with Gasteiger partial charge in [0.1, 0.15) is 5.75 Å². The Balaban J connectivity index is 1.62. The number of aliphatic carboxylic acids is 1. The van der Waals surface area contributed by atoms with E-state index in [0.717, 1.165) is 43.4 Å². The zero-order chi connectivity index (χ0) is 18.1. The van der Waals surface area contributed by atoms with Crippen LogP contribution in [-0.4, -0.2) is 30.1 Å². The topological polar surface area (TPSA) is 75.6 Å². The van der Waals surface area contributed by atoms with Gasteiger partial charge in [0.15, 0.2) is 0 Å². The maximum absolute atomic E-state index is 12.0. The van der Waals surface area contributed by atoms with Gasteiger partial charge in [-0.05, 0) is 50.3 Å². The molecule has 0 saturated heterocycles. The van der Waals surface area contributed by atoms with E-state index >= 15 is 0 Å². The molecule has 1 fully saturated rings. The fourth-order valence-electron chi connectivity index (χ4n) is 3.33. The van der Waals surface area contributed by atoms with Crippen molar-refractivity contribution in [3.05, 3.63) is 29.8 Å². The number of nitrogens with one attached hydrogen (secondary N) is 1. The van der Waals surface area contributed by atoms with Gasteiger partial charge in [-0.2, -0.15) is 0 Å². The Morgan fingerprint density at radius 1 is 1.20 bits per heavy atom. The molecule has 0 bridgehead atoms. The smallest absolute Gasteiger partial charge is 0.311 e. The Labute approximate surface area is 149 Å². The normalized spacial score (nSPS) is 16.2. The Kier molecular flexibility index (Phi) is 7.29. The van der Waals surface area contributed by atoms with Crippen molar-refractivity contribution in [2.45, 2.75) is 58.3 Å². The van der Waals surface area contributed by atoms with E-state index in [9.17, 15) is 14.7 Å². The van der Waals surface area contributed by atoms with E-state index in [1.54, 1.807) is 0 Å². The molecule has 0 spiro atoms. The summed E-state index contributed by atoms with van der Waals surface area (Å²) in [5.74, 6) is 0.00552. The first-order valence-corrected chi connectivity index (χ1v) is 9.21. The molecular formula is C20H29NO4. The number of carbonyl (C=O) groups excluding carboxylic acids is 1. The molecule has 0 heterocycles. The Morgan fingerprint density at radius 2 is 1.96 bits per heavy atom. The van der Waals surface area contributed by atoms with Gasteiger partial charge in [0, 0.05) is 13.0 Å². The van der Waals surface area contributed by atoms with Gasteiger partial charge in [-0.1, -0.05) is 31.4 Å². The van der Waals surface area contributed by atoms with Gasteiger partial charge < -0.3 is 15.2 Å². The molecular weight excluding hydrogens is 318 g/mol. The molecule has 1 aromatic rings. The standard InChI is InChI=1S/C20H29NO4/c1-16-8-7-9-17(14-16)25-13-6-3-10-18(22)21-15-20(19(23)24)11-4-2-5-12-20/h7-9,14H,2-6,10-13,15H2,1H3,(H,21,22)(H,23,24). The summed E-state index contributed by atoms with van der Waals surface area (Å²) in [4.78, 5) is 23.6. The molecule has 1 aliphatic rings. The van der Waals surface area contributed by atoms with Crippen molar-refractivity contribution in [1.82, 2.24) is 5.32 Å². The lowest BCUT2D eigenvalue weighted by atomic mass is 9.74. The zero-order valence-electron chi connectivity index (χ0n) is 15.1. The Hall–Kier alpha value is -2.04. The predicted molar refractivity (Wildman–Crippen MR) is 96.7 cm³/mol. The number of hydrogen-bond donors (Lipinski definition) is 2. The average Bonchev–Trinajstić information content (AvgIpc) is 2.60. The van der Waals surface area contributed by atoms with E-state index in [-0.39, 0.29) is 12.5 Å². The molecule has 5 nitrogen and oxygen atoms in total. The first kappa shape index (κ1) is 19.3. The van der Waals surface area contributed by atoms with Crippen LogP contribution >= 0.6 is 0 Å². The van der Waals surface area contributed by atoms with Crippen LogP contribution in [0.1, 0.15) is 56.9 Å². The molecule has 138 valence electrons. The second-order valence-corrected chi connectivity index (χ2v) is 7.04. The number of amides is 1. The van der Waals surface area contributed by atoms with Gasteiger partial charge in [-0.3, -0.25) is 9.59 Å². The lowest BCUT2D eigenvalue weighted by Gasteiger charge is -2.33. The SMILES string of the molecule is Cc1cccc(OCCCCC(=O)NCC2(C(=O)O)CCCCC2)c1. The lowest BCUT2D eigenvalue weighted by Crippen LogP contribution is -2.44. The van der Waals surface area contributed by atoms with Crippen molar-refractivity contribution >= 4 is 11.9 Å². The largest absolute Gasteiger partial charge is 0.494 e. The van der Waals surface area contributed by atoms with Crippen LogP contribution in [0.2, 0.25) is 0 Å². The van der Waals surface area contributed by atoms with Crippen molar-refractivity contribution in [3.8, 4) is 5.75 Å². The van der Waals surface area contributed by atoms with Crippen LogP contribution in [0.4, 0.5) is 0 Å². The first-order chi connectivity index (χ1) is 12.0. The molecule has 0 atom stereocenters. The molecule has 0 unspecified atom stereocenters. The monoisotopic (exact) mass is 347 g/mol. The zero-order valence-corrected chi connectivity index (χ0v) is 15.1. The van der Waals surface area contributed by atoms with Crippen LogP contribution in [0.15, 0.2) is 24.3 Å². The number of carboxylic acids is 1. The highest BCUT2D eigenvalue weighted by molar-refractivity contribution is 5.79. The molecule has 0 radical (unpaired) electrons. The molecule has 0 aliphatic heterocycles. The first-order valence-electron chi connectivity index (χ1n) is 9.21. The molecule has 5 heteroatoms. The summed E-state index contributed by atoms with van der Waals surface area (Å²) < 4.78 is 5.66. The van der Waals surface area contributed by atoms with Crippen molar-refractivity contribution in [1.29, 1.82) is 0 Å². The molecule has 2 N–H and O–H groups in total. The van der Waals surface area contributed by atoms with E-state index in [1.165, 1.54) is 0 Å². The van der Waals surface area contributed by atoms with Gasteiger partial charge in [-0.25, -0.2) is 0 Å². The average molecular weight is 347 g/mol. The second-order valence-electron chi connectivity index (χ2n) is 7.04. The van der Waals surface area contributed by atoms with Crippen LogP contribution in [0.5, 0.6) is 5.75 Å². The highest BCUT2D eigenvalue weighted by Gasteiger charge is 2.39. The third-order valence-corrected chi connectivity index (χ3v) is 4.94. The maximum atomic E-state index is 12.0. The lowest BCUT2D eigenvalue weighted by molar-refractivity contribution is -0.151. The summed E-state index contributed by atoms with van der Waals surface area (Å²) in [7, 11) is 0. The van der Waals surface area contributed by atoms with E-state index in [2.05, 4.69) is 5.32 Å². The van der Waals surface area contributed by atoms with Crippen molar-refractivity contribution < 1.29 is 19.4 Å². The van der Waals surface area contributed by atoms with Crippen LogP contribution in [0, 0.1) is 12.3 Å². The fraction of sp³-hybridized carbons (Fsp3) is 0.600. The van der Waals surface area contributed by atoms with Crippen LogP contribution in [0.25, 0.3) is 0 Å².